The van der Waals surface area contributed by atoms with E-state index in [2.05, 4.69) is 0 Å². The molecule has 0 saturated heterocycles. The van der Waals surface area contributed by atoms with Gasteiger partial charge in [-0.25, -0.2) is 0 Å². The Kier molecular flexibility index (Phi) is 6.28. The SMILES string of the molecule is COc1cccc([C@@H](N)CCO)c1.Cl. The monoisotopic (exact) mass is 217 g/mol. The molecule has 3 N–H and O–H groups in total. The minimum atomic E-state index is -0.111. The van der Waals surface area contributed by atoms with Crippen molar-refractivity contribution in [2.24, 2.45) is 5.73 Å². The van der Waals surface area contributed by atoms with E-state index in [1.54, 1.807) is 7.11 Å². The highest BCUT2D eigenvalue weighted by Crippen LogP contribution is 2.19. The van der Waals surface area contributed by atoms with E-state index >= 15 is 0 Å². The van der Waals surface area contributed by atoms with E-state index in [0.29, 0.717) is 6.42 Å². The lowest BCUT2D eigenvalue weighted by molar-refractivity contribution is 0.276. The van der Waals surface area contributed by atoms with Crippen molar-refractivity contribution < 1.29 is 9.84 Å². The average molecular weight is 218 g/mol. The Bertz CT molecular complexity index is 268. The highest BCUT2D eigenvalue weighted by atomic mass is 35.5. The Morgan fingerprint density at radius 1 is 1.50 bits per heavy atom. The van der Waals surface area contributed by atoms with Gasteiger partial charge in [0, 0.05) is 12.6 Å². The zero-order valence-electron chi connectivity index (χ0n) is 8.14. The van der Waals surface area contributed by atoms with Crippen LogP contribution in [0, 0.1) is 0 Å². The molecule has 1 atom stereocenters. The molecule has 80 valence electrons. The molecular weight excluding hydrogens is 202 g/mol. The Morgan fingerprint density at radius 2 is 2.21 bits per heavy atom. The summed E-state index contributed by atoms with van der Waals surface area (Å²) in [5.74, 6) is 0.797. The van der Waals surface area contributed by atoms with Crippen LogP contribution in [0.5, 0.6) is 5.75 Å². The van der Waals surface area contributed by atoms with Crippen LogP contribution in [0.3, 0.4) is 0 Å². The summed E-state index contributed by atoms with van der Waals surface area (Å²) in [5, 5.41) is 8.71. The van der Waals surface area contributed by atoms with Gasteiger partial charge in [-0.15, -0.1) is 12.4 Å². The number of aliphatic hydroxyl groups excluding tert-OH is 1. The molecule has 0 bridgehead atoms. The van der Waals surface area contributed by atoms with Crippen molar-refractivity contribution in [1.82, 2.24) is 0 Å². The maximum Gasteiger partial charge on any atom is 0.119 e. The molecule has 4 heteroatoms. The van der Waals surface area contributed by atoms with Crippen molar-refractivity contribution in [3.8, 4) is 5.75 Å². The number of hydrogen-bond donors (Lipinski definition) is 2. The smallest absolute Gasteiger partial charge is 0.119 e. The second kappa shape index (κ2) is 6.65. The second-order valence-electron chi connectivity index (χ2n) is 2.90. The number of rotatable bonds is 4. The first-order valence-electron chi connectivity index (χ1n) is 4.28. The first-order valence-corrected chi connectivity index (χ1v) is 4.28. The van der Waals surface area contributed by atoms with E-state index in [4.69, 9.17) is 15.6 Å². The standard InChI is InChI=1S/C10H15NO2.ClH/c1-13-9-4-2-3-8(7-9)10(11)5-6-12;/h2-4,7,10,12H,5-6,11H2,1H3;1H/t10-;/m0./s1. The van der Waals surface area contributed by atoms with Crippen molar-refractivity contribution in [3.63, 3.8) is 0 Å². The lowest BCUT2D eigenvalue weighted by Gasteiger charge is -2.11. The molecule has 1 aromatic rings. The number of ether oxygens (including phenoxy) is 1. The minimum absolute atomic E-state index is 0. The van der Waals surface area contributed by atoms with Crippen molar-refractivity contribution in [1.29, 1.82) is 0 Å². The lowest BCUT2D eigenvalue weighted by atomic mass is 10.1. The van der Waals surface area contributed by atoms with Gasteiger partial charge in [-0.05, 0) is 24.1 Å². The van der Waals surface area contributed by atoms with Crippen LogP contribution in [0.4, 0.5) is 0 Å². The van der Waals surface area contributed by atoms with Crippen LogP contribution in [0.15, 0.2) is 24.3 Å². The first kappa shape index (κ1) is 13.2. The molecule has 1 rings (SSSR count). The van der Waals surface area contributed by atoms with E-state index in [-0.39, 0.29) is 25.1 Å². The lowest BCUT2D eigenvalue weighted by Crippen LogP contribution is -2.11. The normalized spacial score (nSPS) is 11.6. The fraction of sp³-hybridized carbons (Fsp3) is 0.400. The maximum absolute atomic E-state index is 8.71. The molecule has 0 aromatic heterocycles. The number of hydrogen-bond acceptors (Lipinski definition) is 3. The van der Waals surface area contributed by atoms with Crippen LogP contribution < -0.4 is 10.5 Å². The largest absolute Gasteiger partial charge is 0.497 e. The Labute approximate surface area is 90.3 Å². The third kappa shape index (κ3) is 3.54. The number of nitrogens with two attached hydrogens (primary N) is 1. The molecule has 0 saturated carbocycles. The van der Waals surface area contributed by atoms with E-state index in [0.717, 1.165) is 11.3 Å². The zero-order valence-corrected chi connectivity index (χ0v) is 8.96. The molecule has 0 spiro atoms. The number of methoxy groups -OCH3 is 1. The van der Waals surface area contributed by atoms with Gasteiger partial charge < -0.3 is 15.6 Å². The number of aliphatic hydroxyl groups is 1. The molecular formula is C10H16ClNO2. The maximum atomic E-state index is 8.71. The summed E-state index contributed by atoms with van der Waals surface area (Å²) in [4.78, 5) is 0. The molecule has 0 radical (unpaired) electrons. The van der Waals surface area contributed by atoms with Crippen LogP contribution >= 0.6 is 12.4 Å². The van der Waals surface area contributed by atoms with Gasteiger partial charge in [0.2, 0.25) is 0 Å². The summed E-state index contributed by atoms with van der Waals surface area (Å²) in [7, 11) is 1.62. The Hall–Kier alpha value is -0.770. The van der Waals surface area contributed by atoms with Crippen molar-refractivity contribution in [3.05, 3.63) is 29.8 Å². The summed E-state index contributed by atoms with van der Waals surface area (Å²) >= 11 is 0. The van der Waals surface area contributed by atoms with E-state index in [1.807, 2.05) is 24.3 Å². The van der Waals surface area contributed by atoms with Gasteiger partial charge in [-0.1, -0.05) is 12.1 Å². The van der Waals surface area contributed by atoms with Crippen LogP contribution in [-0.4, -0.2) is 18.8 Å². The summed E-state index contributed by atoms with van der Waals surface area (Å²) in [6.07, 6.45) is 0.577. The first-order chi connectivity index (χ1) is 6.27. The fourth-order valence-electron chi connectivity index (χ4n) is 1.18. The van der Waals surface area contributed by atoms with Gasteiger partial charge in [0.1, 0.15) is 5.75 Å². The molecule has 1 aromatic carbocycles. The highest BCUT2D eigenvalue weighted by molar-refractivity contribution is 5.85. The quantitative estimate of drug-likeness (QED) is 0.804. The molecule has 0 aliphatic carbocycles. The highest BCUT2D eigenvalue weighted by Gasteiger charge is 2.05. The molecule has 0 heterocycles. The van der Waals surface area contributed by atoms with Crippen molar-refractivity contribution in [2.75, 3.05) is 13.7 Å². The van der Waals surface area contributed by atoms with E-state index < -0.39 is 0 Å². The van der Waals surface area contributed by atoms with Crippen LogP contribution in [0.25, 0.3) is 0 Å². The summed E-state index contributed by atoms with van der Waals surface area (Å²) in [5.41, 5.74) is 6.81. The van der Waals surface area contributed by atoms with Crippen molar-refractivity contribution in [2.45, 2.75) is 12.5 Å². The topological polar surface area (TPSA) is 55.5 Å². The third-order valence-corrected chi connectivity index (χ3v) is 1.96. The predicted molar refractivity (Wildman–Crippen MR) is 58.9 cm³/mol. The fourth-order valence-corrected chi connectivity index (χ4v) is 1.18. The van der Waals surface area contributed by atoms with E-state index in [9.17, 15) is 0 Å². The Morgan fingerprint density at radius 3 is 2.79 bits per heavy atom. The van der Waals surface area contributed by atoms with Gasteiger partial charge in [-0.2, -0.15) is 0 Å². The number of benzene rings is 1. The molecule has 14 heavy (non-hydrogen) atoms. The van der Waals surface area contributed by atoms with Crippen LogP contribution in [-0.2, 0) is 0 Å². The predicted octanol–water partition coefficient (Wildman–Crippen LogP) is 1.50. The average Bonchev–Trinajstić information content (AvgIpc) is 2.18. The summed E-state index contributed by atoms with van der Waals surface area (Å²) < 4.78 is 5.07. The molecule has 0 unspecified atom stereocenters. The number of halogens is 1. The Balaban J connectivity index is 0.00000169. The van der Waals surface area contributed by atoms with Gasteiger partial charge in [0.15, 0.2) is 0 Å². The molecule has 3 nitrogen and oxygen atoms in total. The third-order valence-electron chi connectivity index (χ3n) is 1.96. The molecule has 0 aliphatic heterocycles. The van der Waals surface area contributed by atoms with Gasteiger partial charge in [0.05, 0.1) is 7.11 Å². The van der Waals surface area contributed by atoms with E-state index in [1.165, 1.54) is 0 Å². The summed E-state index contributed by atoms with van der Waals surface area (Å²) in [6.45, 7) is 0.110. The van der Waals surface area contributed by atoms with Crippen molar-refractivity contribution >= 4 is 12.4 Å². The summed E-state index contributed by atoms with van der Waals surface area (Å²) in [6, 6.07) is 7.48. The van der Waals surface area contributed by atoms with Gasteiger partial charge in [0.25, 0.3) is 0 Å². The second-order valence-corrected chi connectivity index (χ2v) is 2.90. The van der Waals surface area contributed by atoms with Crippen LogP contribution in [0.2, 0.25) is 0 Å². The van der Waals surface area contributed by atoms with Crippen LogP contribution in [0.1, 0.15) is 18.0 Å². The molecule has 0 aliphatic rings. The van der Waals surface area contributed by atoms with Gasteiger partial charge in [-0.3, -0.25) is 0 Å². The zero-order chi connectivity index (χ0) is 9.68. The molecule has 0 amide bonds. The minimum Gasteiger partial charge on any atom is -0.497 e. The van der Waals surface area contributed by atoms with Gasteiger partial charge >= 0.3 is 0 Å². The molecule has 0 fully saturated rings.